The molecule has 28 heavy (non-hydrogen) atoms. The molecule has 1 saturated heterocycles. The summed E-state index contributed by atoms with van der Waals surface area (Å²) in [5, 5.41) is 3.11. The molecular weight excluding hydrogens is 356 g/mol. The van der Waals surface area contributed by atoms with Gasteiger partial charge in [0.2, 0.25) is 5.89 Å². The van der Waals surface area contributed by atoms with Gasteiger partial charge in [-0.2, -0.15) is 0 Å². The molecule has 1 atom stereocenters. The number of fused-ring (bicyclic) bond motifs is 1. The number of methoxy groups -OCH3 is 1. The fourth-order valence-electron chi connectivity index (χ4n) is 3.57. The summed E-state index contributed by atoms with van der Waals surface area (Å²) in [6.45, 7) is 4.75. The van der Waals surface area contributed by atoms with E-state index in [0.717, 1.165) is 24.2 Å². The first-order chi connectivity index (χ1) is 13.4. The zero-order valence-corrected chi connectivity index (χ0v) is 16.3. The molecule has 6 nitrogen and oxygen atoms in total. The second-order valence-electron chi connectivity index (χ2n) is 7.70. The van der Waals surface area contributed by atoms with Crippen molar-refractivity contribution in [2.45, 2.75) is 38.3 Å². The molecule has 1 aliphatic rings. The molecule has 1 aromatic heterocycles. The number of nitrogens with zero attached hydrogens (tertiary/aromatic N) is 1. The van der Waals surface area contributed by atoms with Crippen LogP contribution in [-0.4, -0.2) is 36.3 Å². The fraction of sp³-hybridized carbons (Fsp3) is 0.364. The monoisotopic (exact) mass is 380 g/mol. The first-order valence-electron chi connectivity index (χ1n) is 9.43. The number of carbonyl (C=O) groups excluding carboxylic acids is 1. The molecule has 1 aliphatic heterocycles. The molecule has 6 heteroatoms. The molecule has 1 fully saturated rings. The van der Waals surface area contributed by atoms with Crippen molar-refractivity contribution in [1.82, 2.24) is 10.3 Å². The van der Waals surface area contributed by atoms with E-state index in [-0.39, 0.29) is 17.6 Å². The van der Waals surface area contributed by atoms with Crippen LogP contribution in [0.2, 0.25) is 0 Å². The second kappa shape index (κ2) is 7.28. The molecule has 0 radical (unpaired) electrons. The lowest BCUT2D eigenvalue weighted by Gasteiger charge is -2.35. The predicted molar refractivity (Wildman–Crippen MR) is 107 cm³/mol. The molecule has 2 aromatic carbocycles. The lowest BCUT2D eigenvalue weighted by Crippen LogP contribution is -2.45. The predicted octanol–water partition coefficient (Wildman–Crippen LogP) is 4.19. The van der Waals surface area contributed by atoms with Crippen LogP contribution in [0.4, 0.5) is 0 Å². The topological polar surface area (TPSA) is 73.6 Å². The van der Waals surface area contributed by atoms with Crippen LogP contribution in [0.1, 0.15) is 37.0 Å². The van der Waals surface area contributed by atoms with Crippen molar-refractivity contribution in [2.75, 3.05) is 13.7 Å². The van der Waals surface area contributed by atoms with E-state index in [2.05, 4.69) is 10.3 Å². The number of amides is 1. The lowest BCUT2D eigenvalue weighted by molar-refractivity contribution is -0.0615. The summed E-state index contributed by atoms with van der Waals surface area (Å²) >= 11 is 0. The van der Waals surface area contributed by atoms with E-state index >= 15 is 0 Å². The Bertz CT molecular complexity index is 1010. The first kappa shape index (κ1) is 18.5. The highest BCUT2D eigenvalue weighted by molar-refractivity contribution is 5.97. The number of ether oxygens (including phenoxy) is 2. The van der Waals surface area contributed by atoms with Crippen molar-refractivity contribution < 1.29 is 18.7 Å². The van der Waals surface area contributed by atoms with Crippen LogP contribution in [0.3, 0.4) is 0 Å². The van der Waals surface area contributed by atoms with E-state index in [1.54, 1.807) is 19.2 Å². The standard InChI is InChI=1S/C22H24N2O4/c1-22(2)13-16(9-10-27-22)23-20(25)14-7-8-18-19(12-14)28-21(24-18)15-5-4-6-17(11-15)26-3/h4-8,11-12,16H,9-10,13H2,1-3H3,(H,23,25). The maximum Gasteiger partial charge on any atom is 0.251 e. The number of benzene rings is 2. The Morgan fingerprint density at radius 1 is 1.25 bits per heavy atom. The number of aromatic nitrogens is 1. The van der Waals surface area contributed by atoms with Gasteiger partial charge in [0.05, 0.1) is 12.7 Å². The molecule has 0 saturated carbocycles. The second-order valence-corrected chi connectivity index (χ2v) is 7.70. The minimum atomic E-state index is -0.212. The number of hydrogen-bond acceptors (Lipinski definition) is 5. The van der Waals surface area contributed by atoms with Gasteiger partial charge in [-0.05, 0) is 63.1 Å². The third kappa shape index (κ3) is 3.87. The fourth-order valence-corrected chi connectivity index (χ4v) is 3.57. The van der Waals surface area contributed by atoms with Crippen molar-refractivity contribution in [1.29, 1.82) is 0 Å². The van der Waals surface area contributed by atoms with Gasteiger partial charge in [0.25, 0.3) is 5.91 Å². The van der Waals surface area contributed by atoms with Crippen LogP contribution in [0, 0.1) is 0 Å². The molecule has 1 amide bonds. The van der Waals surface area contributed by atoms with Gasteiger partial charge in [0.15, 0.2) is 5.58 Å². The quantitative estimate of drug-likeness (QED) is 0.735. The van der Waals surface area contributed by atoms with Crippen LogP contribution in [0.25, 0.3) is 22.6 Å². The average molecular weight is 380 g/mol. The summed E-state index contributed by atoms with van der Waals surface area (Å²) in [5.41, 5.74) is 2.46. The zero-order chi connectivity index (χ0) is 19.7. The number of rotatable bonds is 4. The summed E-state index contributed by atoms with van der Waals surface area (Å²) in [4.78, 5) is 17.2. The molecule has 1 unspecified atom stereocenters. The summed E-state index contributed by atoms with van der Waals surface area (Å²) in [7, 11) is 1.62. The van der Waals surface area contributed by atoms with Crippen LogP contribution >= 0.6 is 0 Å². The average Bonchev–Trinajstić information content (AvgIpc) is 3.10. The molecule has 1 N–H and O–H groups in total. The number of hydrogen-bond donors (Lipinski definition) is 1. The minimum absolute atomic E-state index is 0.106. The maximum atomic E-state index is 12.7. The molecule has 0 aliphatic carbocycles. The van der Waals surface area contributed by atoms with Crippen molar-refractivity contribution in [3.63, 3.8) is 0 Å². The van der Waals surface area contributed by atoms with E-state index < -0.39 is 0 Å². The summed E-state index contributed by atoms with van der Waals surface area (Å²) < 4.78 is 16.9. The molecule has 146 valence electrons. The van der Waals surface area contributed by atoms with Crippen LogP contribution in [0.5, 0.6) is 5.75 Å². The highest BCUT2D eigenvalue weighted by Crippen LogP contribution is 2.28. The van der Waals surface area contributed by atoms with Crippen molar-refractivity contribution >= 4 is 17.0 Å². The van der Waals surface area contributed by atoms with Gasteiger partial charge >= 0.3 is 0 Å². The van der Waals surface area contributed by atoms with Gasteiger partial charge in [-0.3, -0.25) is 4.79 Å². The molecule has 2 heterocycles. The number of nitrogens with one attached hydrogen (secondary N) is 1. The van der Waals surface area contributed by atoms with Gasteiger partial charge in [-0.1, -0.05) is 6.07 Å². The Morgan fingerprint density at radius 2 is 2.11 bits per heavy atom. The van der Waals surface area contributed by atoms with Crippen LogP contribution in [-0.2, 0) is 4.74 Å². The molecular formula is C22H24N2O4. The molecule has 0 spiro atoms. The van der Waals surface area contributed by atoms with Crippen LogP contribution in [0.15, 0.2) is 46.9 Å². The van der Waals surface area contributed by atoms with Crippen LogP contribution < -0.4 is 10.1 Å². The summed E-state index contributed by atoms with van der Waals surface area (Å²) in [5.74, 6) is 1.13. The third-order valence-electron chi connectivity index (χ3n) is 5.00. The summed E-state index contributed by atoms with van der Waals surface area (Å²) in [6, 6.07) is 13.0. The van der Waals surface area contributed by atoms with Crippen molar-refractivity contribution in [3.8, 4) is 17.2 Å². The molecule has 0 bridgehead atoms. The smallest absolute Gasteiger partial charge is 0.251 e. The Kier molecular flexibility index (Phi) is 4.81. The third-order valence-corrected chi connectivity index (χ3v) is 5.00. The molecule has 4 rings (SSSR count). The SMILES string of the molecule is COc1cccc(-c2nc3ccc(C(=O)NC4CCOC(C)(C)C4)cc3o2)c1. The van der Waals surface area contributed by atoms with Crippen molar-refractivity contribution in [3.05, 3.63) is 48.0 Å². The largest absolute Gasteiger partial charge is 0.497 e. The lowest BCUT2D eigenvalue weighted by atomic mass is 9.94. The first-order valence-corrected chi connectivity index (χ1v) is 9.43. The maximum absolute atomic E-state index is 12.7. The Morgan fingerprint density at radius 3 is 2.89 bits per heavy atom. The van der Waals surface area contributed by atoms with Gasteiger partial charge in [0, 0.05) is 23.8 Å². The van der Waals surface area contributed by atoms with Gasteiger partial charge < -0.3 is 19.2 Å². The zero-order valence-electron chi connectivity index (χ0n) is 16.3. The summed E-state index contributed by atoms with van der Waals surface area (Å²) in [6.07, 6.45) is 1.61. The van der Waals surface area contributed by atoms with Gasteiger partial charge in [-0.25, -0.2) is 4.98 Å². The Hall–Kier alpha value is -2.86. The Balaban J connectivity index is 1.55. The van der Waals surface area contributed by atoms with E-state index in [1.165, 1.54) is 0 Å². The highest BCUT2D eigenvalue weighted by Gasteiger charge is 2.29. The van der Waals surface area contributed by atoms with Crippen molar-refractivity contribution in [2.24, 2.45) is 0 Å². The Labute approximate surface area is 163 Å². The normalized spacial score (nSPS) is 18.8. The molecule has 3 aromatic rings. The minimum Gasteiger partial charge on any atom is -0.497 e. The van der Waals surface area contributed by atoms with E-state index in [9.17, 15) is 4.79 Å². The van der Waals surface area contributed by atoms with E-state index in [4.69, 9.17) is 13.9 Å². The number of oxazole rings is 1. The van der Waals surface area contributed by atoms with E-state index in [0.29, 0.717) is 29.2 Å². The van der Waals surface area contributed by atoms with Gasteiger partial charge in [0.1, 0.15) is 11.3 Å². The van der Waals surface area contributed by atoms with E-state index in [1.807, 2.05) is 44.2 Å². The number of carbonyl (C=O) groups is 1. The highest BCUT2D eigenvalue weighted by atomic mass is 16.5. The van der Waals surface area contributed by atoms with Gasteiger partial charge in [-0.15, -0.1) is 0 Å².